The van der Waals surface area contributed by atoms with E-state index in [0.29, 0.717) is 6.42 Å². The van der Waals surface area contributed by atoms with Crippen LogP contribution in [0.15, 0.2) is 33.2 Å². The van der Waals surface area contributed by atoms with Gasteiger partial charge in [0.2, 0.25) is 0 Å². The Morgan fingerprint density at radius 3 is 2.95 bits per heavy atom. The predicted octanol–water partition coefficient (Wildman–Crippen LogP) is 0.380. The number of nitrogens with zero attached hydrogens (tertiary/aromatic N) is 1. The van der Waals surface area contributed by atoms with Crippen molar-refractivity contribution < 1.29 is 5.11 Å². The van der Waals surface area contributed by atoms with E-state index in [1.165, 1.54) is 28.2 Å². The normalized spacial score (nSPS) is 9.95. The second-order valence-electron chi connectivity index (χ2n) is 3.77. The number of hydrogen-bond donors (Lipinski definition) is 2. The zero-order valence-electron chi connectivity index (χ0n) is 10.0. The van der Waals surface area contributed by atoms with Crippen molar-refractivity contribution in [2.24, 2.45) is 0 Å². The minimum atomic E-state index is -0.316. The van der Waals surface area contributed by atoms with Gasteiger partial charge < -0.3 is 5.11 Å². The van der Waals surface area contributed by atoms with Crippen molar-refractivity contribution in [3.8, 4) is 11.8 Å². The van der Waals surface area contributed by atoms with Crippen LogP contribution in [0.4, 0.5) is 0 Å². The molecule has 2 N–H and O–H groups in total. The summed E-state index contributed by atoms with van der Waals surface area (Å²) in [5, 5.41) is 13.0. The number of aromatic amines is 1. The monoisotopic (exact) mass is 276 g/mol. The Morgan fingerprint density at radius 1 is 1.32 bits per heavy atom. The quantitative estimate of drug-likeness (QED) is 0.796. The van der Waals surface area contributed by atoms with Gasteiger partial charge in [0.25, 0.3) is 11.1 Å². The molecule has 2 heterocycles. The van der Waals surface area contributed by atoms with Gasteiger partial charge in [-0.3, -0.25) is 14.7 Å². The second kappa shape index (κ2) is 6.18. The molecular weight excluding hydrogens is 264 g/mol. The highest BCUT2D eigenvalue weighted by Crippen LogP contribution is 2.16. The van der Waals surface area contributed by atoms with E-state index in [9.17, 15) is 9.59 Å². The predicted molar refractivity (Wildman–Crippen MR) is 73.3 cm³/mol. The SMILES string of the molecule is O=c1ccc(=O)n(Cc2sccc2C#CCCO)[nH]1. The summed E-state index contributed by atoms with van der Waals surface area (Å²) in [6.45, 7) is 0.313. The van der Waals surface area contributed by atoms with Crippen molar-refractivity contribution in [2.45, 2.75) is 13.0 Å². The van der Waals surface area contributed by atoms with Gasteiger partial charge in [0.05, 0.1) is 13.2 Å². The van der Waals surface area contributed by atoms with Crippen molar-refractivity contribution in [3.05, 3.63) is 54.7 Å². The van der Waals surface area contributed by atoms with Gasteiger partial charge >= 0.3 is 0 Å². The molecule has 0 amide bonds. The van der Waals surface area contributed by atoms with E-state index >= 15 is 0 Å². The third kappa shape index (κ3) is 3.44. The van der Waals surface area contributed by atoms with Crippen LogP contribution in [0.25, 0.3) is 0 Å². The lowest BCUT2D eigenvalue weighted by atomic mass is 10.2. The van der Waals surface area contributed by atoms with Crippen molar-refractivity contribution in [1.82, 2.24) is 9.78 Å². The zero-order chi connectivity index (χ0) is 13.7. The molecule has 0 saturated heterocycles. The molecule has 6 heteroatoms. The highest BCUT2D eigenvalue weighted by atomic mass is 32.1. The number of aromatic nitrogens is 2. The summed E-state index contributed by atoms with van der Waals surface area (Å²) in [6.07, 6.45) is 0.414. The molecule has 0 saturated carbocycles. The van der Waals surface area contributed by atoms with Crippen LogP contribution in [-0.4, -0.2) is 21.5 Å². The van der Waals surface area contributed by atoms with E-state index in [4.69, 9.17) is 5.11 Å². The molecule has 98 valence electrons. The number of hydrogen-bond acceptors (Lipinski definition) is 4. The fourth-order valence-corrected chi connectivity index (χ4v) is 2.33. The topological polar surface area (TPSA) is 75.1 Å². The Balaban J connectivity index is 2.27. The Hall–Kier alpha value is -2.10. The number of rotatable bonds is 3. The molecule has 0 aromatic carbocycles. The van der Waals surface area contributed by atoms with Crippen LogP contribution in [0.3, 0.4) is 0 Å². The lowest BCUT2D eigenvalue weighted by molar-refractivity contribution is 0.305. The molecule has 2 rings (SSSR count). The summed E-state index contributed by atoms with van der Waals surface area (Å²) in [5.74, 6) is 5.78. The minimum Gasteiger partial charge on any atom is -0.395 e. The molecule has 0 bridgehead atoms. The minimum absolute atomic E-state index is 0.0257. The summed E-state index contributed by atoms with van der Waals surface area (Å²) in [4.78, 5) is 23.7. The summed E-state index contributed by atoms with van der Waals surface area (Å²) in [6, 6.07) is 4.30. The lowest BCUT2D eigenvalue weighted by Gasteiger charge is -2.03. The Morgan fingerprint density at radius 2 is 2.16 bits per heavy atom. The second-order valence-corrected chi connectivity index (χ2v) is 4.77. The van der Waals surface area contributed by atoms with Crippen molar-refractivity contribution >= 4 is 11.3 Å². The molecule has 0 atom stereocenters. The summed E-state index contributed by atoms with van der Waals surface area (Å²) in [5.41, 5.74) is 0.237. The maximum absolute atomic E-state index is 11.6. The summed E-state index contributed by atoms with van der Waals surface area (Å²) in [7, 11) is 0. The molecule has 0 aliphatic carbocycles. The molecule has 0 fully saturated rings. The first kappa shape index (κ1) is 13.3. The Labute approximate surface area is 113 Å². The first-order valence-electron chi connectivity index (χ1n) is 5.67. The summed E-state index contributed by atoms with van der Waals surface area (Å²) < 4.78 is 1.26. The van der Waals surface area contributed by atoms with Gasteiger partial charge in [-0.05, 0) is 11.4 Å². The van der Waals surface area contributed by atoms with E-state index in [0.717, 1.165) is 10.4 Å². The number of thiophene rings is 1. The Bertz CT molecular complexity index is 730. The lowest BCUT2D eigenvalue weighted by Crippen LogP contribution is -2.28. The van der Waals surface area contributed by atoms with Crippen molar-refractivity contribution in [3.63, 3.8) is 0 Å². The third-order valence-electron chi connectivity index (χ3n) is 2.40. The molecular formula is C13H12N2O3S. The average Bonchev–Trinajstić information content (AvgIpc) is 2.82. The van der Waals surface area contributed by atoms with Gasteiger partial charge in [0.15, 0.2) is 0 Å². The highest BCUT2D eigenvalue weighted by Gasteiger charge is 2.04. The van der Waals surface area contributed by atoms with Crippen LogP contribution in [0.2, 0.25) is 0 Å². The van der Waals surface area contributed by atoms with E-state index in [-0.39, 0.29) is 24.3 Å². The number of nitrogens with one attached hydrogen (secondary N) is 1. The molecule has 2 aromatic rings. The van der Waals surface area contributed by atoms with Crippen LogP contribution in [0.5, 0.6) is 0 Å². The van der Waals surface area contributed by atoms with E-state index in [1.807, 2.05) is 11.4 Å². The van der Waals surface area contributed by atoms with Gasteiger partial charge in [0.1, 0.15) is 0 Å². The molecule has 0 aliphatic rings. The van der Waals surface area contributed by atoms with Crippen LogP contribution in [0, 0.1) is 11.8 Å². The van der Waals surface area contributed by atoms with Crippen LogP contribution < -0.4 is 11.1 Å². The maximum Gasteiger partial charge on any atom is 0.265 e. The average molecular weight is 276 g/mol. The van der Waals surface area contributed by atoms with Crippen molar-refractivity contribution in [1.29, 1.82) is 0 Å². The smallest absolute Gasteiger partial charge is 0.265 e. The molecule has 5 nitrogen and oxygen atoms in total. The molecule has 0 unspecified atom stereocenters. The summed E-state index contributed by atoms with van der Waals surface area (Å²) >= 11 is 1.47. The van der Waals surface area contributed by atoms with Crippen LogP contribution in [0.1, 0.15) is 16.9 Å². The van der Waals surface area contributed by atoms with Gasteiger partial charge in [-0.15, -0.1) is 11.3 Å². The maximum atomic E-state index is 11.6. The Kier molecular flexibility index (Phi) is 4.34. The van der Waals surface area contributed by atoms with Gasteiger partial charge in [-0.2, -0.15) is 0 Å². The van der Waals surface area contributed by atoms with Gasteiger partial charge in [-0.1, -0.05) is 11.8 Å². The molecule has 2 aromatic heterocycles. The molecule has 19 heavy (non-hydrogen) atoms. The fourth-order valence-electron chi connectivity index (χ4n) is 1.51. The van der Waals surface area contributed by atoms with Crippen molar-refractivity contribution in [2.75, 3.05) is 6.61 Å². The number of H-pyrrole nitrogens is 1. The third-order valence-corrected chi connectivity index (χ3v) is 3.30. The van der Waals surface area contributed by atoms with E-state index in [2.05, 4.69) is 16.9 Å². The molecule has 0 spiro atoms. The first-order valence-corrected chi connectivity index (χ1v) is 6.55. The number of aliphatic hydroxyl groups is 1. The van der Waals surface area contributed by atoms with Crippen LogP contribution >= 0.6 is 11.3 Å². The zero-order valence-corrected chi connectivity index (χ0v) is 10.9. The number of aliphatic hydroxyl groups excluding tert-OH is 1. The standard InChI is InChI=1S/C13H12N2O3S/c16-7-2-1-3-10-6-8-19-11(10)9-15-13(18)5-4-12(17)14-15/h4-6,8,16H,2,7,9H2,(H,14,17). The van der Waals surface area contributed by atoms with Gasteiger partial charge in [0, 0.05) is 29.0 Å². The van der Waals surface area contributed by atoms with Crippen LogP contribution in [-0.2, 0) is 6.54 Å². The molecule has 0 radical (unpaired) electrons. The fraction of sp³-hybridized carbons (Fsp3) is 0.231. The largest absolute Gasteiger partial charge is 0.395 e. The van der Waals surface area contributed by atoms with E-state index in [1.54, 1.807) is 0 Å². The first-order chi connectivity index (χ1) is 9.20. The highest BCUT2D eigenvalue weighted by molar-refractivity contribution is 7.10. The van der Waals surface area contributed by atoms with Gasteiger partial charge in [-0.25, -0.2) is 4.68 Å². The van der Waals surface area contributed by atoms with E-state index < -0.39 is 0 Å². The molecule has 0 aliphatic heterocycles.